The highest BCUT2D eigenvalue weighted by Crippen LogP contribution is 2.34. The Labute approximate surface area is 165 Å². The summed E-state index contributed by atoms with van der Waals surface area (Å²) in [6, 6.07) is 13.5. The fourth-order valence-electron chi connectivity index (χ4n) is 3.18. The molecule has 6 nitrogen and oxygen atoms in total. The van der Waals surface area contributed by atoms with E-state index in [1.165, 1.54) is 0 Å². The summed E-state index contributed by atoms with van der Waals surface area (Å²) in [6.07, 6.45) is 4.19. The molecule has 1 aromatic carbocycles. The highest BCUT2D eigenvalue weighted by Gasteiger charge is 2.14. The molecule has 0 radical (unpaired) electrons. The van der Waals surface area contributed by atoms with Gasteiger partial charge in [-0.3, -0.25) is 4.79 Å². The molecule has 7 heteroatoms. The zero-order valence-electron chi connectivity index (χ0n) is 14.9. The highest BCUT2D eigenvalue weighted by atomic mass is 32.1. The molecule has 0 spiro atoms. The summed E-state index contributed by atoms with van der Waals surface area (Å²) in [6.45, 7) is 1.12. The first kappa shape index (κ1) is 16.8. The summed E-state index contributed by atoms with van der Waals surface area (Å²) in [5.74, 6) is 1.46. The first-order valence-electron chi connectivity index (χ1n) is 8.96. The van der Waals surface area contributed by atoms with E-state index in [9.17, 15) is 4.79 Å². The molecule has 0 bridgehead atoms. The van der Waals surface area contributed by atoms with Crippen LogP contribution in [0.15, 0.2) is 60.2 Å². The number of rotatable bonds is 4. The number of amides is 1. The van der Waals surface area contributed by atoms with Crippen LogP contribution in [0.1, 0.15) is 4.88 Å². The molecular formula is C21H17N3O3S. The van der Waals surface area contributed by atoms with Crippen molar-refractivity contribution in [2.24, 2.45) is 0 Å². The van der Waals surface area contributed by atoms with Gasteiger partial charge in [-0.05, 0) is 41.8 Å². The number of hydrogen-bond donors (Lipinski definition) is 1. The maximum atomic E-state index is 12.2. The van der Waals surface area contributed by atoms with Crippen molar-refractivity contribution in [3.05, 3.63) is 65.1 Å². The lowest BCUT2D eigenvalue weighted by molar-refractivity contribution is -0.115. The normalized spacial score (nSPS) is 12.9. The van der Waals surface area contributed by atoms with Gasteiger partial charge in [0.2, 0.25) is 5.91 Å². The Hall–Kier alpha value is -3.32. The number of imidazole rings is 1. The van der Waals surface area contributed by atoms with E-state index < -0.39 is 0 Å². The monoisotopic (exact) mass is 391 g/mol. The second-order valence-corrected chi connectivity index (χ2v) is 7.50. The van der Waals surface area contributed by atoms with Gasteiger partial charge in [-0.15, -0.1) is 11.3 Å². The number of carbonyl (C=O) groups is 1. The largest absolute Gasteiger partial charge is 0.486 e. The van der Waals surface area contributed by atoms with Crippen LogP contribution < -0.4 is 14.8 Å². The van der Waals surface area contributed by atoms with E-state index in [0.717, 1.165) is 39.0 Å². The minimum absolute atomic E-state index is 0.0334. The maximum absolute atomic E-state index is 12.2. The lowest BCUT2D eigenvalue weighted by atomic mass is 10.1. The quantitative estimate of drug-likeness (QED) is 0.571. The average Bonchev–Trinajstić information content (AvgIpc) is 3.36. The molecule has 5 rings (SSSR count). The van der Waals surface area contributed by atoms with Crippen molar-refractivity contribution >= 4 is 28.6 Å². The van der Waals surface area contributed by atoms with Gasteiger partial charge in [-0.1, -0.05) is 6.07 Å². The number of anilines is 1. The van der Waals surface area contributed by atoms with E-state index in [1.807, 2.05) is 64.6 Å². The van der Waals surface area contributed by atoms with Crippen LogP contribution in [-0.2, 0) is 11.2 Å². The molecule has 4 aromatic rings. The SMILES string of the molecule is O=C(Cc1cccs1)Nc1ccc2nc(-c3ccc4c(c3)OCCO4)cn2c1. The van der Waals surface area contributed by atoms with Crippen molar-refractivity contribution < 1.29 is 14.3 Å². The molecule has 1 aliphatic heterocycles. The molecule has 1 amide bonds. The number of hydrogen-bond acceptors (Lipinski definition) is 5. The van der Waals surface area contributed by atoms with Gasteiger partial charge in [0.15, 0.2) is 11.5 Å². The van der Waals surface area contributed by atoms with Crippen LogP contribution in [0.2, 0.25) is 0 Å². The van der Waals surface area contributed by atoms with Crippen LogP contribution >= 0.6 is 11.3 Å². The van der Waals surface area contributed by atoms with E-state index in [-0.39, 0.29) is 5.91 Å². The van der Waals surface area contributed by atoms with Crippen LogP contribution in [0.5, 0.6) is 11.5 Å². The number of aromatic nitrogens is 2. The van der Waals surface area contributed by atoms with Gasteiger partial charge in [0.25, 0.3) is 0 Å². The van der Waals surface area contributed by atoms with Crippen molar-refractivity contribution in [1.82, 2.24) is 9.38 Å². The van der Waals surface area contributed by atoms with Gasteiger partial charge >= 0.3 is 0 Å². The van der Waals surface area contributed by atoms with Crippen molar-refractivity contribution in [3.8, 4) is 22.8 Å². The number of carbonyl (C=O) groups excluding carboxylic acids is 1. The number of benzene rings is 1. The summed E-state index contributed by atoms with van der Waals surface area (Å²) >= 11 is 1.58. The highest BCUT2D eigenvalue weighted by molar-refractivity contribution is 7.10. The van der Waals surface area contributed by atoms with Crippen LogP contribution in [0.3, 0.4) is 0 Å². The summed E-state index contributed by atoms with van der Waals surface area (Å²) in [5, 5.41) is 4.92. The predicted molar refractivity (Wildman–Crippen MR) is 108 cm³/mol. The molecule has 3 aromatic heterocycles. The van der Waals surface area contributed by atoms with Crippen LogP contribution in [0.4, 0.5) is 5.69 Å². The van der Waals surface area contributed by atoms with Gasteiger partial charge in [-0.25, -0.2) is 4.98 Å². The Bertz CT molecular complexity index is 1150. The third-order valence-electron chi connectivity index (χ3n) is 4.49. The summed E-state index contributed by atoms with van der Waals surface area (Å²) in [4.78, 5) is 17.9. The van der Waals surface area contributed by atoms with Gasteiger partial charge in [0.05, 0.1) is 17.8 Å². The van der Waals surface area contributed by atoms with Gasteiger partial charge in [-0.2, -0.15) is 0 Å². The first-order valence-corrected chi connectivity index (χ1v) is 9.83. The van der Waals surface area contributed by atoms with Crippen molar-refractivity contribution in [1.29, 1.82) is 0 Å². The van der Waals surface area contributed by atoms with Crippen molar-refractivity contribution in [2.75, 3.05) is 18.5 Å². The topological polar surface area (TPSA) is 64.9 Å². The lowest BCUT2D eigenvalue weighted by Gasteiger charge is -2.18. The Morgan fingerprint density at radius 3 is 2.86 bits per heavy atom. The van der Waals surface area contributed by atoms with E-state index in [1.54, 1.807) is 11.3 Å². The third kappa shape index (κ3) is 3.32. The predicted octanol–water partition coefficient (Wildman–Crippen LogP) is 4.02. The number of thiophene rings is 1. The molecule has 0 saturated heterocycles. The van der Waals surface area contributed by atoms with E-state index in [4.69, 9.17) is 9.47 Å². The van der Waals surface area contributed by atoms with E-state index in [0.29, 0.717) is 19.6 Å². The average molecular weight is 391 g/mol. The van der Waals surface area contributed by atoms with Gasteiger partial charge in [0, 0.05) is 22.8 Å². The minimum Gasteiger partial charge on any atom is -0.486 e. The summed E-state index contributed by atoms with van der Waals surface area (Å²) in [5.41, 5.74) is 3.33. The Kier molecular flexibility index (Phi) is 4.21. The molecule has 0 atom stereocenters. The second-order valence-electron chi connectivity index (χ2n) is 6.47. The Balaban J connectivity index is 1.38. The molecule has 0 aliphatic carbocycles. The molecule has 140 valence electrons. The fourth-order valence-corrected chi connectivity index (χ4v) is 3.89. The lowest BCUT2D eigenvalue weighted by Crippen LogP contribution is -2.15. The molecule has 1 N–H and O–H groups in total. The Morgan fingerprint density at radius 1 is 1.11 bits per heavy atom. The van der Waals surface area contributed by atoms with Gasteiger partial charge in [0.1, 0.15) is 18.9 Å². The number of fused-ring (bicyclic) bond motifs is 2. The van der Waals surface area contributed by atoms with Crippen molar-refractivity contribution in [2.45, 2.75) is 6.42 Å². The molecule has 28 heavy (non-hydrogen) atoms. The molecular weight excluding hydrogens is 374 g/mol. The van der Waals surface area contributed by atoms with E-state index >= 15 is 0 Å². The third-order valence-corrected chi connectivity index (χ3v) is 5.36. The molecule has 0 saturated carbocycles. The molecule has 0 fully saturated rings. The zero-order chi connectivity index (χ0) is 18.9. The van der Waals surface area contributed by atoms with Crippen molar-refractivity contribution in [3.63, 3.8) is 0 Å². The number of nitrogens with one attached hydrogen (secondary N) is 1. The summed E-state index contributed by atoms with van der Waals surface area (Å²) < 4.78 is 13.1. The van der Waals surface area contributed by atoms with Crippen LogP contribution in [0, 0.1) is 0 Å². The number of ether oxygens (including phenoxy) is 2. The maximum Gasteiger partial charge on any atom is 0.229 e. The van der Waals surface area contributed by atoms with Crippen LogP contribution in [-0.4, -0.2) is 28.5 Å². The Morgan fingerprint density at radius 2 is 2.00 bits per heavy atom. The first-order chi connectivity index (χ1) is 13.7. The molecule has 0 unspecified atom stereocenters. The smallest absolute Gasteiger partial charge is 0.229 e. The molecule has 4 heterocycles. The second kappa shape index (κ2) is 7.01. The number of pyridine rings is 1. The zero-order valence-corrected chi connectivity index (χ0v) is 15.7. The number of nitrogens with zero attached hydrogens (tertiary/aromatic N) is 2. The molecule has 1 aliphatic rings. The van der Waals surface area contributed by atoms with Gasteiger partial charge < -0.3 is 19.2 Å². The summed E-state index contributed by atoms with van der Waals surface area (Å²) in [7, 11) is 0. The van der Waals surface area contributed by atoms with E-state index in [2.05, 4.69) is 10.3 Å². The fraction of sp³-hybridized carbons (Fsp3) is 0.143. The standard InChI is InChI=1S/C21H17N3O3S/c25-21(11-16-2-1-9-28-16)22-15-4-6-20-23-17(13-24(20)12-15)14-3-5-18-19(10-14)27-8-7-26-18/h1-6,9-10,12-13H,7-8,11H2,(H,22,25). The minimum atomic E-state index is -0.0334. The van der Waals surface area contributed by atoms with Crippen LogP contribution in [0.25, 0.3) is 16.9 Å².